The van der Waals surface area contributed by atoms with Crippen LogP contribution in [-0.4, -0.2) is 29.1 Å². The van der Waals surface area contributed by atoms with Crippen molar-refractivity contribution in [1.29, 1.82) is 0 Å². The van der Waals surface area contributed by atoms with Crippen LogP contribution in [0.15, 0.2) is 18.2 Å². The van der Waals surface area contributed by atoms with Crippen molar-refractivity contribution in [2.45, 2.75) is 19.1 Å². The number of anilines is 1. The van der Waals surface area contributed by atoms with Gasteiger partial charge in [0.05, 0.1) is 11.8 Å². The fourth-order valence-electron chi connectivity index (χ4n) is 1.69. The van der Waals surface area contributed by atoms with Gasteiger partial charge < -0.3 is 15.2 Å². The minimum Gasteiger partial charge on any atom is -0.479 e. The first-order chi connectivity index (χ1) is 8.11. The molecule has 1 amide bonds. The van der Waals surface area contributed by atoms with Gasteiger partial charge in [0, 0.05) is 5.75 Å². The minimum atomic E-state index is -0.522. The molecule has 0 spiro atoms. The van der Waals surface area contributed by atoms with Crippen LogP contribution in [-0.2, 0) is 4.79 Å². The minimum absolute atomic E-state index is 0.158. The van der Waals surface area contributed by atoms with E-state index in [0.717, 1.165) is 5.56 Å². The van der Waals surface area contributed by atoms with Crippen LogP contribution < -0.4 is 10.1 Å². The van der Waals surface area contributed by atoms with Crippen molar-refractivity contribution in [3.8, 4) is 5.75 Å². The number of rotatable bonds is 3. The lowest BCUT2D eigenvalue weighted by atomic mass is 10.1. The second-order valence-electron chi connectivity index (χ2n) is 3.98. The SMILES string of the molecule is CSCC(O)c1ccc2c(c1)NC(=O)C(C)O2. The number of carbonyl (C=O) groups excluding carboxylic acids is 1. The number of carbonyl (C=O) groups is 1. The fraction of sp³-hybridized carbons (Fsp3) is 0.417. The molecule has 0 aromatic heterocycles. The zero-order valence-electron chi connectivity index (χ0n) is 9.77. The molecule has 0 radical (unpaired) electrons. The summed E-state index contributed by atoms with van der Waals surface area (Å²) in [5.74, 6) is 1.12. The summed E-state index contributed by atoms with van der Waals surface area (Å²) in [5, 5.41) is 12.6. The van der Waals surface area contributed by atoms with Crippen LogP contribution in [0.5, 0.6) is 5.75 Å². The van der Waals surface area contributed by atoms with E-state index in [4.69, 9.17) is 4.74 Å². The molecule has 2 rings (SSSR count). The Morgan fingerprint density at radius 2 is 2.35 bits per heavy atom. The van der Waals surface area contributed by atoms with Crippen molar-refractivity contribution in [1.82, 2.24) is 0 Å². The number of thioether (sulfide) groups is 1. The smallest absolute Gasteiger partial charge is 0.265 e. The highest BCUT2D eigenvalue weighted by Crippen LogP contribution is 2.32. The van der Waals surface area contributed by atoms with E-state index in [2.05, 4.69) is 5.32 Å². The summed E-state index contributed by atoms with van der Waals surface area (Å²) in [7, 11) is 0. The number of aliphatic hydroxyl groups is 1. The highest BCUT2D eigenvalue weighted by Gasteiger charge is 2.24. The molecule has 1 aromatic rings. The number of benzene rings is 1. The monoisotopic (exact) mass is 253 g/mol. The summed E-state index contributed by atoms with van der Waals surface area (Å²) >= 11 is 1.57. The molecular weight excluding hydrogens is 238 g/mol. The molecule has 92 valence electrons. The highest BCUT2D eigenvalue weighted by atomic mass is 32.2. The maximum absolute atomic E-state index is 11.5. The number of amides is 1. The van der Waals surface area contributed by atoms with Gasteiger partial charge in [0.2, 0.25) is 0 Å². The van der Waals surface area contributed by atoms with Gasteiger partial charge in [0.1, 0.15) is 5.75 Å². The average molecular weight is 253 g/mol. The molecule has 2 atom stereocenters. The van der Waals surface area contributed by atoms with Crippen molar-refractivity contribution in [2.24, 2.45) is 0 Å². The molecule has 1 aliphatic rings. The zero-order valence-corrected chi connectivity index (χ0v) is 10.6. The van der Waals surface area contributed by atoms with Gasteiger partial charge >= 0.3 is 0 Å². The third-order valence-corrected chi connectivity index (χ3v) is 3.29. The van der Waals surface area contributed by atoms with E-state index in [0.29, 0.717) is 17.2 Å². The largest absolute Gasteiger partial charge is 0.479 e. The van der Waals surface area contributed by atoms with Gasteiger partial charge in [-0.05, 0) is 30.9 Å². The molecule has 0 bridgehead atoms. The molecular formula is C12H15NO3S. The van der Waals surface area contributed by atoms with Gasteiger partial charge in [-0.3, -0.25) is 4.79 Å². The second kappa shape index (κ2) is 4.98. The standard InChI is InChI=1S/C12H15NO3S/c1-7-12(15)13-9-5-8(10(14)6-17-2)3-4-11(9)16-7/h3-5,7,10,14H,6H2,1-2H3,(H,13,15). The third-order valence-electron chi connectivity index (χ3n) is 2.64. The second-order valence-corrected chi connectivity index (χ2v) is 4.89. The van der Waals surface area contributed by atoms with Crippen LogP contribution in [0.3, 0.4) is 0 Å². The molecule has 17 heavy (non-hydrogen) atoms. The molecule has 2 unspecified atom stereocenters. The molecule has 0 saturated carbocycles. The van der Waals surface area contributed by atoms with E-state index in [9.17, 15) is 9.90 Å². The highest BCUT2D eigenvalue weighted by molar-refractivity contribution is 7.98. The van der Waals surface area contributed by atoms with Crippen LogP contribution in [0.2, 0.25) is 0 Å². The van der Waals surface area contributed by atoms with E-state index in [1.807, 2.05) is 12.3 Å². The number of aliphatic hydroxyl groups excluding tert-OH is 1. The van der Waals surface area contributed by atoms with Crippen molar-refractivity contribution in [3.05, 3.63) is 23.8 Å². The maximum atomic E-state index is 11.5. The molecule has 0 fully saturated rings. The lowest BCUT2D eigenvalue weighted by Crippen LogP contribution is -2.34. The molecule has 2 N–H and O–H groups in total. The number of ether oxygens (including phenoxy) is 1. The summed E-state index contributed by atoms with van der Waals surface area (Å²) in [5.41, 5.74) is 1.42. The quantitative estimate of drug-likeness (QED) is 0.862. The van der Waals surface area contributed by atoms with Crippen LogP contribution in [0.4, 0.5) is 5.69 Å². The summed E-state index contributed by atoms with van der Waals surface area (Å²) in [4.78, 5) is 11.5. The van der Waals surface area contributed by atoms with Crippen LogP contribution in [0.1, 0.15) is 18.6 Å². The molecule has 4 nitrogen and oxygen atoms in total. The molecule has 5 heteroatoms. The van der Waals surface area contributed by atoms with E-state index < -0.39 is 12.2 Å². The Morgan fingerprint density at radius 1 is 1.59 bits per heavy atom. The topological polar surface area (TPSA) is 58.6 Å². The first-order valence-electron chi connectivity index (χ1n) is 5.40. The Hall–Kier alpha value is -1.20. The summed E-state index contributed by atoms with van der Waals surface area (Å²) < 4.78 is 5.44. The fourth-order valence-corrected chi connectivity index (χ4v) is 2.20. The Morgan fingerprint density at radius 3 is 3.06 bits per heavy atom. The van der Waals surface area contributed by atoms with E-state index in [1.54, 1.807) is 30.8 Å². The zero-order chi connectivity index (χ0) is 12.4. The van der Waals surface area contributed by atoms with E-state index >= 15 is 0 Å². The predicted molar refractivity (Wildman–Crippen MR) is 68.5 cm³/mol. The lowest BCUT2D eigenvalue weighted by molar-refractivity contribution is -0.122. The number of nitrogens with one attached hydrogen (secondary N) is 1. The van der Waals surface area contributed by atoms with Crippen LogP contribution >= 0.6 is 11.8 Å². The third kappa shape index (κ3) is 2.56. The van der Waals surface area contributed by atoms with E-state index in [-0.39, 0.29) is 5.91 Å². The summed E-state index contributed by atoms with van der Waals surface area (Å²) in [6, 6.07) is 5.37. The van der Waals surface area contributed by atoms with Gasteiger partial charge in [0.25, 0.3) is 5.91 Å². The van der Waals surface area contributed by atoms with Gasteiger partial charge in [-0.2, -0.15) is 11.8 Å². The molecule has 0 aliphatic carbocycles. The maximum Gasteiger partial charge on any atom is 0.265 e. The molecule has 1 aliphatic heterocycles. The number of fused-ring (bicyclic) bond motifs is 1. The van der Waals surface area contributed by atoms with E-state index in [1.165, 1.54) is 0 Å². The molecule has 1 aromatic carbocycles. The predicted octanol–water partition coefficient (Wildman–Crippen LogP) is 1.80. The van der Waals surface area contributed by atoms with Crippen LogP contribution in [0, 0.1) is 0 Å². The lowest BCUT2D eigenvalue weighted by Gasteiger charge is -2.24. The van der Waals surface area contributed by atoms with Gasteiger partial charge in [0.15, 0.2) is 6.10 Å². The van der Waals surface area contributed by atoms with Gasteiger partial charge in [-0.15, -0.1) is 0 Å². The normalized spacial score (nSPS) is 20.2. The van der Waals surface area contributed by atoms with Gasteiger partial charge in [-0.1, -0.05) is 6.07 Å². The van der Waals surface area contributed by atoms with Crippen molar-refractivity contribution in [2.75, 3.05) is 17.3 Å². The number of hydrogen-bond donors (Lipinski definition) is 2. The Bertz CT molecular complexity index is 436. The molecule has 1 heterocycles. The molecule has 0 saturated heterocycles. The Labute approximate surface area is 104 Å². The summed E-state index contributed by atoms with van der Waals surface area (Å²) in [6.45, 7) is 1.70. The van der Waals surface area contributed by atoms with Gasteiger partial charge in [-0.25, -0.2) is 0 Å². The van der Waals surface area contributed by atoms with Crippen LogP contribution in [0.25, 0.3) is 0 Å². The van der Waals surface area contributed by atoms with Crippen molar-refractivity contribution in [3.63, 3.8) is 0 Å². The first-order valence-corrected chi connectivity index (χ1v) is 6.79. The number of hydrogen-bond acceptors (Lipinski definition) is 4. The van der Waals surface area contributed by atoms with Crippen molar-refractivity contribution >= 4 is 23.4 Å². The van der Waals surface area contributed by atoms with Crippen molar-refractivity contribution < 1.29 is 14.6 Å². The summed E-state index contributed by atoms with van der Waals surface area (Å²) in [6.07, 6.45) is 0.949. The average Bonchev–Trinajstić information content (AvgIpc) is 2.30. The first kappa shape index (κ1) is 12.3. The Balaban J connectivity index is 2.25. The Kier molecular flexibility index (Phi) is 3.59.